The molecule has 2 aromatic rings. The minimum absolute atomic E-state index is 0.0504. The molecule has 0 amide bonds. The van der Waals surface area contributed by atoms with Crippen molar-refractivity contribution in [2.75, 3.05) is 6.26 Å². The van der Waals surface area contributed by atoms with Crippen molar-refractivity contribution in [2.45, 2.75) is 0 Å². The second-order valence-corrected chi connectivity index (χ2v) is 3.30. The van der Waals surface area contributed by atoms with Crippen LogP contribution in [0.4, 0.5) is 0 Å². The van der Waals surface area contributed by atoms with Gasteiger partial charge in [-0.1, -0.05) is 18.2 Å². The van der Waals surface area contributed by atoms with Crippen LogP contribution in [0.3, 0.4) is 0 Å². The molecular weight excluding hydrogens is 184 g/mol. The Hall–Kier alpha value is -1.29. The fraction of sp³-hybridized carbons (Fsp3) is 0.111. The Morgan fingerprint density at radius 3 is 2.92 bits per heavy atom. The van der Waals surface area contributed by atoms with Crippen LogP contribution >= 0.6 is 11.9 Å². The van der Waals surface area contributed by atoms with Gasteiger partial charge in [-0.05, 0) is 18.0 Å². The van der Waals surface area contributed by atoms with Gasteiger partial charge in [0.15, 0.2) is 0 Å². The Balaban J connectivity index is 2.87. The molecule has 66 valence electrons. The Bertz CT molecular complexity index is 492. The highest BCUT2D eigenvalue weighted by atomic mass is 32.2. The molecule has 13 heavy (non-hydrogen) atoms. The summed E-state index contributed by atoms with van der Waals surface area (Å²) in [5.41, 5.74) is -0.0504. The van der Waals surface area contributed by atoms with E-state index in [-0.39, 0.29) is 5.56 Å². The Morgan fingerprint density at radius 1 is 1.38 bits per heavy atom. The monoisotopic (exact) mass is 192 g/mol. The van der Waals surface area contributed by atoms with Crippen molar-refractivity contribution in [3.05, 3.63) is 40.8 Å². The Kier molecular flexibility index (Phi) is 2.06. The first kappa shape index (κ1) is 8.31. The van der Waals surface area contributed by atoms with E-state index in [1.807, 2.05) is 30.5 Å². The number of hydrogen-bond acceptors (Lipinski definition) is 3. The van der Waals surface area contributed by atoms with Gasteiger partial charge in [-0.25, -0.2) is 0 Å². The first-order valence-corrected chi connectivity index (χ1v) is 5.02. The van der Waals surface area contributed by atoms with Crippen molar-refractivity contribution in [1.29, 1.82) is 0 Å². The number of nitrogens with zero attached hydrogens (tertiary/aromatic N) is 2. The van der Waals surface area contributed by atoms with Crippen molar-refractivity contribution in [1.82, 2.24) is 9.19 Å². The molecule has 0 spiro atoms. The number of hydrogen-bond donors (Lipinski definition) is 0. The molecule has 0 radical (unpaired) electrons. The van der Waals surface area contributed by atoms with Crippen LogP contribution in [0.2, 0.25) is 0 Å². The molecule has 0 atom stereocenters. The molecule has 0 aliphatic rings. The van der Waals surface area contributed by atoms with Crippen molar-refractivity contribution >= 4 is 22.7 Å². The Morgan fingerprint density at radius 2 is 2.15 bits per heavy atom. The lowest BCUT2D eigenvalue weighted by Crippen LogP contribution is -2.16. The van der Waals surface area contributed by atoms with Crippen LogP contribution < -0.4 is 5.56 Å². The largest absolute Gasteiger partial charge is 0.285 e. The molecule has 0 saturated carbocycles. The summed E-state index contributed by atoms with van der Waals surface area (Å²) < 4.78 is 1.38. The molecule has 0 N–H and O–H groups in total. The zero-order valence-corrected chi connectivity index (χ0v) is 7.91. The molecule has 0 aliphatic heterocycles. The minimum Gasteiger partial charge on any atom is -0.266 e. The second-order valence-electron chi connectivity index (χ2n) is 2.59. The molecule has 4 heteroatoms. The number of fused-ring (bicyclic) bond motifs is 1. The lowest BCUT2D eigenvalue weighted by molar-refractivity contribution is 0.939. The van der Waals surface area contributed by atoms with Gasteiger partial charge in [0.25, 0.3) is 5.56 Å². The van der Waals surface area contributed by atoms with E-state index in [0.717, 1.165) is 5.39 Å². The van der Waals surface area contributed by atoms with Crippen molar-refractivity contribution in [3.8, 4) is 0 Å². The maximum Gasteiger partial charge on any atom is 0.285 e. The quantitative estimate of drug-likeness (QED) is 0.687. The summed E-state index contributed by atoms with van der Waals surface area (Å²) in [6, 6.07) is 7.45. The molecule has 0 unspecified atom stereocenters. The van der Waals surface area contributed by atoms with E-state index < -0.39 is 0 Å². The maximum atomic E-state index is 11.6. The lowest BCUT2D eigenvalue weighted by atomic mass is 10.2. The first-order valence-electron chi connectivity index (χ1n) is 3.84. The van der Waals surface area contributed by atoms with E-state index in [2.05, 4.69) is 5.10 Å². The van der Waals surface area contributed by atoms with Gasteiger partial charge in [-0.2, -0.15) is 9.19 Å². The molecule has 0 saturated heterocycles. The van der Waals surface area contributed by atoms with Gasteiger partial charge in [0, 0.05) is 11.6 Å². The standard InChI is InChI=1S/C9H8N2OS/c1-13-11-9(12)8-5-3-2-4-7(8)6-10-11/h2-6H,1H3. The summed E-state index contributed by atoms with van der Waals surface area (Å²) in [6.07, 6.45) is 3.52. The van der Waals surface area contributed by atoms with Crippen LogP contribution in [-0.2, 0) is 0 Å². The van der Waals surface area contributed by atoms with E-state index in [0.29, 0.717) is 5.39 Å². The van der Waals surface area contributed by atoms with Crippen LogP contribution in [0.1, 0.15) is 0 Å². The van der Waals surface area contributed by atoms with E-state index in [1.165, 1.54) is 16.0 Å². The van der Waals surface area contributed by atoms with E-state index in [9.17, 15) is 4.79 Å². The van der Waals surface area contributed by atoms with E-state index in [1.54, 1.807) is 6.20 Å². The third kappa shape index (κ3) is 1.33. The molecular formula is C9H8N2OS. The van der Waals surface area contributed by atoms with Gasteiger partial charge < -0.3 is 0 Å². The number of aromatic nitrogens is 2. The maximum absolute atomic E-state index is 11.6. The van der Waals surface area contributed by atoms with Crippen LogP contribution in [0.15, 0.2) is 35.3 Å². The summed E-state index contributed by atoms with van der Waals surface area (Å²) in [4.78, 5) is 11.6. The smallest absolute Gasteiger partial charge is 0.266 e. The molecule has 0 bridgehead atoms. The highest BCUT2D eigenvalue weighted by Crippen LogP contribution is 2.07. The number of rotatable bonds is 1. The summed E-state index contributed by atoms with van der Waals surface area (Å²) >= 11 is 1.30. The van der Waals surface area contributed by atoms with Gasteiger partial charge in [0.2, 0.25) is 0 Å². The lowest BCUT2D eigenvalue weighted by Gasteiger charge is -2.00. The first-order chi connectivity index (χ1) is 6.33. The third-order valence-electron chi connectivity index (χ3n) is 1.84. The minimum atomic E-state index is -0.0504. The highest BCUT2D eigenvalue weighted by molar-refractivity contribution is 7.97. The van der Waals surface area contributed by atoms with Crippen molar-refractivity contribution in [2.24, 2.45) is 0 Å². The molecule has 1 heterocycles. The van der Waals surface area contributed by atoms with Crippen LogP contribution in [0, 0.1) is 0 Å². The molecule has 3 nitrogen and oxygen atoms in total. The van der Waals surface area contributed by atoms with Gasteiger partial charge in [0.1, 0.15) is 0 Å². The fourth-order valence-electron chi connectivity index (χ4n) is 1.20. The molecule has 0 aliphatic carbocycles. The van der Waals surface area contributed by atoms with Crippen LogP contribution in [-0.4, -0.2) is 15.4 Å². The predicted molar refractivity (Wildman–Crippen MR) is 54.9 cm³/mol. The van der Waals surface area contributed by atoms with E-state index >= 15 is 0 Å². The highest BCUT2D eigenvalue weighted by Gasteiger charge is 2.00. The third-order valence-corrected chi connectivity index (χ3v) is 2.45. The average molecular weight is 192 g/mol. The van der Waals surface area contributed by atoms with Crippen LogP contribution in [0.25, 0.3) is 10.8 Å². The molecule has 2 rings (SSSR count). The van der Waals surface area contributed by atoms with E-state index in [4.69, 9.17) is 0 Å². The van der Waals surface area contributed by atoms with Crippen LogP contribution in [0.5, 0.6) is 0 Å². The van der Waals surface area contributed by atoms with Gasteiger partial charge in [-0.3, -0.25) is 4.79 Å². The van der Waals surface area contributed by atoms with Gasteiger partial charge in [-0.15, -0.1) is 0 Å². The Labute approximate surface area is 79.5 Å². The topological polar surface area (TPSA) is 34.9 Å². The average Bonchev–Trinajstić information content (AvgIpc) is 2.19. The normalized spacial score (nSPS) is 10.5. The van der Waals surface area contributed by atoms with Gasteiger partial charge in [0.05, 0.1) is 11.6 Å². The SMILES string of the molecule is CSn1ncc2ccccc2c1=O. The summed E-state index contributed by atoms with van der Waals surface area (Å²) in [5, 5.41) is 5.59. The second kappa shape index (κ2) is 3.22. The summed E-state index contributed by atoms with van der Waals surface area (Å²) in [6.45, 7) is 0. The molecule has 0 fully saturated rings. The zero-order valence-electron chi connectivity index (χ0n) is 7.10. The summed E-state index contributed by atoms with van der Waals surface area (Å²) in [5.74, 6) is 0. The van der Waals surface area contributed by atoms with Crippen molar-refractivity contribution in [3.63, 3.8) is 0 Å². The zero-order chi connectivity index (χ0) is 9.26. The molecule has 1 aromatic carbocycles. The fourth-order valence-corrected chi connectivity index (χ4v) is 1.61. The van der Waals surface area contributed by atoms with Gasteiger partial charge >= 0.3 is 0 Å². The van der Waals surface area contributed by atoms with Crippen molar-refractivity contribution < 1.29 is 0 Å². The number of benzene rings is 1. The molecule has 1 aromatic heterocycles. The summed E-state index contributed by atoms with van der Waals surface area (Å²) in [7, 11) is 0. The predicted octanol–water partition coefficient (Wildman–Crippen LogP) is 1.52.